The van der Waals surface area contributed by atoms with Crippen molar-refractivity contribution in [1.29, 1.82) is 0 Å². The van der Waals surface area contributed by atoms with Crippen LogP contribution in [0.1, 0.15) is 12.5 Å². The monoisotopic (exact) mass is 209 g/mol. The smallest absolute Gasteiger partial charge is 0.142 e. The lowest BCUT2D eigenvalue weighted by Gasteiger charge is -1.95. The number of aromatic nitrogens is 1. The maximum Gasteiger partial charge on any atom is 0.142 e. The summed E-state index contributed by atoms with van der Waals surface area (Å²) >= 11 is 5.66. The lowest BCUT2D eigenvalue weighted by atomic mass is 10.1. The molecule has 0 fully saturated rings. The van der Waals surface area contributed by atoms with Gasteiger partial charge < -0.3 is 4.98 Å². The quantitative estimate of drug-likeness (QED) is 0.731. The molecule has 0 unspecified atom stereocenters. The fourth-order valence-electron chi connectivity index (χ4n) is 1.46. The van der Waals surface area contributed by atoms with Gasteiger partial charge in [-0.25, -0.2) is 4.39 Å². The molecule has 1 aromatic carbocycles. The molecule has 1 N–H and O–H groups in total. The van der Waals surface area contributed by atoms with Gasteiger partial charge in [0.15, 0.2) is 0 Å². The number of hydrogen-bond acceptors (Lipinski definition) is 0. The highest BCUT2D eigenvalue weighted by atomic mass is 35.5. The van der Waals surface area contributed by atoms with Crippen LogP contribution >= 0.6 is 11.6 Å². The number of allylic oxidation sites excluding steroid dienone is 1. The van der Waals surface area contributed by atoms with Crippen molar-refractivity contribution in [2.75, 3.05) is 0 Å². The standard InChI is InChI=1S/C11H9ClFN/c1-2-3-7-6-14-11-5-9(12)10(13)4-8(7)11/h2-6,14H,1H3. The molecule has 0 aliphatic heterocycles. The molecule has 1 aromatic heterocycles. The lowest BCUT2D eigenvalue weighted by molar-refractivity contribution is 0.630. The van der Waals surface area contributed by atoms with Crippen molar-refractivity contribution in [2.24, 2.45) is 0 Å². The zero-order valence-electron chi connectivity index (χ0n) is 7.64. The van der Waals surface area contributed by atoms with Crippen molar-refractivity contribution < 1.29 is 4.39 Å². The number of hydrogen-bond donors (Lipinski definition) is 1. The van der Waals surface area contributed by atoms with E-state index in [-0.39, 0.29) is 10.8 Å². The Morgan fingerprint density at radius 1 is 1.43 bits per heavy atom. The fraction of sp³-hybridized carbons (Fsp3) is 0.0909. The predicted octanol–water partition coefficient (Wildman–Crippen LogP) is 3.99. The highest BCUT2D eigenvalue weighted by Crippen LogP contribution is 2.25. The summed E-state index contributed by atoms with van der Waals surface area (Å²) in [6.07, 6.45) is 5.67. The molecule has 3 heteroatoms. The van der Waals surface area contributed by atoms with E-state index >= 15 is 0 Å². The van der Waals surface area contributed by atoms with Crippen LogP contribution in [0.2, 0.25) is 5.02 Å². The van der Waals surface area contributed by atoms with Gasteiger partial charge in [0, 0.05) is 17.1 Å². The Bertz CT molecular complexity index is 499. The molecule has 0 spiro atoms. The molecular formula is C11H9ClFN. The SMILES string of the molecule is CC=Cc1c[nH]c2cc(Cl)c(F)cc12. The number of fused-ring (bicyclic) bond motifs is 1. The number of benzene rings is 1. The number of halogens is 2. The highest BCUT2D eigenvalue weighted by Gasteiger charge is 2.05. The molecule has 0 radical (unpaired) electrons. The Morgan fingerprint density at radius 3 is 2.93 bits per heavy atom. The fourth-order valence-corrected chi connectivity index (χ4v) is 1.62. The van der Waals surface area contributed by atoms with Crippen LogP contribution in [0.25, 0.3) is 17.0 Å². The summed E-state index contributed by atoms with van der Waals surface area (Å²) in [7, 11) is 0. The van der Waals surface area contributed by atoms with Gasteiger partial charge in [-0.1, -0.05) is 23.8 Å². The van der Waals surface area contributed by atoms with Crippen LogP contribution in [0.3, 0.4) is 0 Å². The molecule has 2 aromatic rings. The van der Waals surface area contributed by atoms with Gasteiger partial charge in [-0.2, -0.15) is 0 Å². The summed E-state index contributed by atoms with van der Waals surface area (Å²) in [6.45, 7) is 1.92. The van der Waals surface area contributed by atoms with Crippen LogP contribution < -0.4 is 0 Å². The van der Waals surface area contributed by atoms with Crippen molar-refractivity contribution in [2.45, 2.75) is 6.92 Å². The second-order valence-corrected chi connectivity index (χ2v) is 3.46. The number of H-pyrrole nitrogens is 1. The normalized spacial score (nSPS) is 11.6. The van der Waals surface area contributed by atoms with Gasteiger partial charge in [-0.3, -0.25) is 0 Å². The van der Waals surface area contributed by atoms with Crippen LogP contribution in [-0.4, -0.2) is 4.98 Å². The summed E-state index contributed by atoms with van der Waals surface area (Å²) in [4.78, 5) is 3.04. The molecule has 14 heavy (non-hydrogen) atoms. The van der Waals surface area contributed by atoms with Crippen LogP contribution in [0.15, 0.2) is 24.4 Å². The molecule has 0 bridgehead atoms. The molecule has 0 saturated heterocycles. The summed E-state index contributed by atoms with van der Waals surface area (Å²) in [5, 5.41) is 0.997. The van der Waals surface area contributed by atoms with Gasteiger partial charge in [-0.15, -0.1) is 0 Å². The first-order valence-corrected chi connectivity index (χ1v) is 4.69. The zero-order valence-corrected chi connectivity index (χ0v) is 8.40. The Balaban J connectivity index is 2.73. The highest BCUT2D eigenvalue weighted by molar-refractivity contribution is 6.31. The Kier molecular flexibility index (Phi) is 2.30. The first kappa shape index (κ1) is 9.28. The van der Waals surface area contributed by atoms with E-state index in [1.807, 2.05) is 25.3 Å². The number of rotatable bonds is 1. The van der Waals surface area contributed by atoms with Crippen LogP contribution in [-0.2, 0) is 0 Å². The maximum absolute atomic E-state index is 13.2. The summed E-state index contributed by atoms with van der Waals surface area (Å²) in [6, 6.07) is 3.04. The average molecular weight is 210 g/mol. The van der Waals surface area contributed by atoms with E-state index < -0.39 is 0 Å². The van der Waals surface area contributed by atoms with Gasteiger partial charge in [0.1, 0.15) is 5.82 Å². The third-order valence-electron chi connectivity index (χ3n) is 2.10. The van der Waals surface area contributed by atoms with Crippen molar-refractivity contribution in [3.05, 3.63) is 40.8 Å². The minimum absolute atomic E-state index is 0.145. The number of nitrogens with one attached hydrogen (secondary N) is 1. The van der Waals surface area contributed by atoms with Crippen LogP contribution in [0.5, 0.6) is 0 Å². The number of aromatic amines is 1. The van der Waals surface area contributed by atoms with Gasteiger partial charge >= 0.3 is 0 Å². The van der Waals surface area contributed by atoms with E-state index in [9.17, 15) is 4.39 Å². The Morgan fingerprint density at radius 2 is 2.21 bits per heavy atom. The minimum Gasteiger partial charge on any atom is -0.361 e. The van der Waals surface area contributed by atoms with E-state index in [2.05, 4.69) is 4.98 Å². The summed E-state index contributed by atoms with van der Waals surface area (Å²) in [5.41, 5.74) is 1.82. The lowest BCUT2D eigenvalue weighted by Crippen LogP contribution is -1.77. The Labute approximate surface area is 86.2 Å². The third kappa shape index (κ3) is 1.42. The molecular weight excluding hydrogens is 201 g/mol. The van der Waals surface area contributed by atoms with E-state index in [0.29, 0.717) is 0 Å². The van der Waals surface area contributed by atoms with Crippen molar-refractivity contribution >= 4 is 28.6 Å². The molecule has 0 aliphatic rings. The third-order valence-corrected chi connectivity index (χ3v) is 2.39. The molecule has 0 saturated carbocycles. The van der Waals surface area contributed by atoms with E-state index in [1.54, 1.807) is 6.07 Å². The molecule has 0 atom stereocenters. The largest absolute Gasteiger partial charge is 0.361 e. The van der Waals surface area contributed by atoms with Gasteiger partial charge in [-0.05, 0) is 24.6 Å². The maximum atomic E-state index is 13.2. The topological polar surface area (TPSA) is 15.8 Å². The van der Waals surface area contributed by atoms with E-state index in [1.165, 1.54) is 6.07 Å². The van der Waals surface area contributed by atoms with Crippen LogP contribution in [0.4, 0.5) is 4.39 Å². The predicted molar refractivity (Wildman–Crippen MR) is 58.0 cm³/mol. The van der Waals surface area contributed by atoms with Gasteiger partial charge in [0.2, 0.25) is 0 Å². The van der Waals surface area contributed by atoms with Gasteiger partial charge in [0.05, 0.1) is 5.02 Å². The van der Waals surface area contributed by atoms with E-state index in [0.717, 1.165) is 16.5 Å². The molecule has 1 nitrogen and oxygen atoms in total. The van der Waals surface area contributed by atoms with Gasteiger partial charge in [0.25, 0.3) is 0 Å². The second-order valence-electron chi connectivity index (χ2n) is 3.06. The average Bonchev–Trinajstić information content (AvgIpc) is 2.51. The molecule has 1 heterocycles. The summed E-state index contributed by atoms with van der Waals surface area (Å²) < 4.78 is 13.2. The zero-order chi connectivity index (χ0) is 10.1. The van der Waals surface area contributed by atoms with Crippen molar-refractivity contribution in [1.82, 2.24) is 4.98 Å². The van der Waals surface area contributed by atoms with Crippen molar-refractivity contribution in [3.63, 3.8) is 0 Å². The first-order chi connectivity index (χ1) is 6.72. The van der Waals surface area contributed by atoms with E-state index in [4.69, 9.17) is 11.6 Å². The summed E-state index contributed by atoms with van der Waals surface area (Å²) in [5.74, 6) is -0.385. The Hall–Kier alpha value is -1.28. The first-order valence-electron chi connectivity index (χ1n) is 4.31. The second kappa shape index (κ2) is 3.46. The molecule has 0 amide bonds. The molecule has 72 valence electrons. The molecule has 0 aliphatic carbocycles. The van der Waals surface area contributed by atoms with Crippen LogP contribution in [0, 0.1) is 5.82 Å². The molecule has 2 rings (SSSR count). The minimum atomic E-state index is -0.385. The van der Waals surface area contributed by atoms with Crippen molar-refractivity contribution in [3.8, 4) is 0 Å².